The van der Waals surface area contributed by atoms with E-state index in [2.05, 4.69) is 47.1 Å². The molecule has 2 amide bonds. The highest BCUT2D eigenvalue weighted by Gasteiger charge is 2.12. The Bertz CT molecular complexity index is 379. The van der Waals surface area contributed by atoms with Gasteiger partial charge in [-0.2, -0.15) is 0 Å². The molecule has 0 aliphatic rings. The summed E-state index contributed by atoms with van der Waals surface area (Å²) in [5.74, 6) is 0.431. The van der Waals surface area contributed by atoms with Crippen molar-refractivity contribution >= 4 is 34.3 Å². The molecule has 5 heteroatoms. The number of rotatable bonds is 5. The quantitative estimate of drug-likeness (QED) is 0.706. The number of aliphatic hydroxyl groups is 1. The second-order valence-electron chi connectivity index (χ2n) is 4.61. The van der Waals surface area contributed by atoms with Crippen LogP contribution in [0.15, 0.2) is 24.3 Å². The van der Waals surface area contributed by atoms with Crippen molar-refractivity contribution in [2.75, 3.05) is 11.9 Å². The van der Waals surface area contributed by atoms with E-state index in [0.29, 0.717) is 5.92 Å². The number of nitrogens with one attached hydrogen (secondary N) is 2. The Labute approximate surface area is 121 Å². The summed E-state index contributed by atoms with van der Waals surface area (Å²) in [6, 6.07) is 7.06. The molecule has 0 aromatic heterocycles. The summed E-state index contributed by atoms with van der Waals surface area (Å²) >= 11 is 2.21. The van der Waals surface area contributed by atoms with Gasteiger partial charge in [0.1, 0.15) is 0 Å². The van der Waals surface area contributed by atoms with Crippen LogP contribution >= 0.6 is 22.6 Å². The van der Waals surface area contributed by atoms with Crippen LogP contribution in [-0.2, 0) is 0 Å². The minimum Gasteiger partial charge on any atom is -0.394 e. The highest BCUT2D eigenvalue weighted by atomic mass is 127. The first-order chi connectivity index (χ1) is 8.51. The van der Waals surface area contributed by atoms with Crippen molar-refractivity contribution in [1.29, 1.82) is 0 Å². The van der Waals surface area contributed by atoms with Gasteiger partial charge in [0.25, 0.3) is 0 Å². The zero-order valence-electron chi connectivity index (χ0n) is 10.6. The maximum absolute atomic E-state index is 11.7. The molecule has 0 radical (unpaired) electrons. The molecular weight excluding hydrogens is 343 g/mol. The highest BCUT2D eigenvalue weighted by molar-refractivity contribution is 14.1. The lowest BCUT2D eigenvalue weighted by Crippen LogP contribution is -2.40. The first-order valence-corrected chi connectivity index (χ1v) is 7.03. The Hall–Kier alpha value is -0.820. The van der Waals surface area contributed by atoms with Gasteiger partial charge >= 0.3 is 6.03 Å². The molecule has 0 fully saturated rings. The molecule has 0 saturated carbocycles. The van der Waals surface area contributed by atoms with Crippen LogP contribution in [0.5, 0.6) is 0 Å². The maximum Gasteiger partial charge on any atom is 0.319 e. The van der Waals surface area contributed by atoms with E-state index >= 15 is 0 Å². The van der Waals surface area contributed by atoms with Gasteiger partial charge in [0.15, 0.2) is 0 Å². The summed E-state index contributed by atoms with van der Waals surface area (Å²) in [7, 11) is 0. The van der Waals surface area contributed by atoms with Crippen LogP contribution in [0.2, 0.25) is 0 Å². The Balaban J connectivity index is 2.47. The first kappa shape index (κ1) is 15.2. The molecular formula is C13H19IN2O2. The van der Waals surface area contributed by atoms with Gasteiger partial charge in [-0.1, -0.05) is 13.8 Å². The molecule has 1 atom stereocenters. The average Bonchev–Trinajstić information content (AvgIpc) is 2.30. The van der Waals surface area contributed by atoms with Gasteiger partial charge in [0, 0.05) is 9.26 Å². The summed E-state index contributed by atoms with van der Waals surface area (Å²) in [5.41, 5.74) is 0.745. The number of carbonyl (C=O) groups is 1. The lowest BCUT2D eigenvalue weighted by molar-refractivity contribution is 0.214. The predicted molar refractivity (Wildman–Crippen MR) is 81.6 cm³/mol. The van der Waals surface area contributed by atoms with E-state index in [1.807, 2.05) is 24.3 Å². The van der Waals surface area contributed by atoms with Crippen LogP contribution in [0.25, 0.3) is 0 Å². The van der Waals surface area contributed by atoms with Gasteiger partial charge in [0.2, 0.25) is 0 Å². The largest absolute Gasteiger partial charge is 0.394 e. The molecule has 1 rings (SSSR count). The molecule has 1 aromatic rings. The third-order valence-electron chi connectivity index (χ3n) is 2.41. The van der Waals surface area contributed by atoms with Crippen LogP contribution in [0.1, 0.15) is 20.3 Å². The van der Waals surface area contributed by atoms with Crippen LogP contribution in [0.3, 0.4) is 0 Å². The Morgan fingerprint density at radius 2 is 1.94 bits per heavy atom. The number of halogens is 1. The molecule has 0 aliphatic carbocycles. The fraction of sp³-hybridized carbons (Fsp3) is 0.462. The summed E-state index contributed by atoms with van der Waals surface area (Å²) in [6.07, 6.45) is 0.761. The van der Waals surface area contributed by atoms with E-state index in [0.717, 1.165) is 15.7 Å². The topological polar surface area (TPSA) is 61.4 Å². The first-order valence-electron chi connectivity index (χ1n) is 5.95. The molecule has 0 saturated heterocycles. The Kier molecular flexibility index (Phi) is 6.42. The number of benzene rings is 1. The average molecular weight is 362 g/mol. The summed E-state index contributed by atoms with van der Waals surface area (Å²) in [5, 5.41) is 14.7. The number of urea groups is 1. The Morgan fingerprint density at radius 1 is 1.33 bits per heavy atom. The zero-order chi connectivity index (χ0) is 13.5. The van der Waals surface area contributed by atoms with Crippen molar-refractivity contribution in [3.05, 3.63) is 27.8 Å². The molecule has 1 unspecified atom stereocenters. The molecule has 0 heterocycles. The van der Waals surface area contributed by atoms with Gasteiger partial charge in [-0.05, 0) is 59.2 Å². The van der Waals surface area contributed by atoms with E-state index in [9.17, 15) is 9.90 Å². The number of hydrogen-bond acceptors (Lipinski definition) is 2. The van der Waals surface area contributed by atoms with E-state index in [1.54, 1.807) is 0 Å². The number of anilines is 1. The fourth-order valence-electron chi connectivity index (χ4n) is 1.63. The molecule has 18 heavy (non-hydrogen) atoms. The molecule has 0 spiro atoms. The van der Waals surface area contributed by atoms with Crippen molar-refractivity contribution < 1.29 is 9.90 Å². The summed E-state index contributed by atoms with van der Waals surface area (Å²) < 4.78 is 1.12. The number of aliphatic hydroxyl groups excluding tert-OH is 1. The smallest absolute Gasteiger partial charge is 0.319 e. The van der Waals surface area contributed by atoms with Gasteiger partial charge in [0.05, 0.1) is 12.6 Å². The third kappa shape index (κ3) is 5.68. The van der Waals surface area contributed by atoms with Crippen LogP contribution in [0.4, 0.5) is 10.5 Å². The molecule has 0 bridgehead atoms. The minimum absolute atomic E-state index is 0.0434. The molecule has 4 nitrogen and oxygen atoms in total. The second kappa shape index (κ2) is 7.58. The SMILES string of the molecule is CC(C)CC(CO)NC(=O)Nc1ccc(I)cc1. The van der Waals surface area contributed by atoms with E-state index < -0.39 is 0 Å². The van der Waals surface area contributed by atoms with Crippen molar-refractivity contribution in [2.45, 2.75) is 26.3 Å². The molecule has 0 aliphatic heterocycles. The monoisotopic (exact) mass is 362 g/mol. The third-order valence-corrected chi connectivity index (χ3v) is 3.13. The molecule has 1 aromatic carbocycles. The summed E-state index contributed by atoms with van der Waals surface area (Å²) in [6.45, 7) is 4.07. The number of carbonyl (C=O) groups excluding carboxylic acids is 1. The van der Waals surface area contributed by atoms with Crippen molar-refractivity contribution in [2.24, 2.45) is 5.92 Å². The van der Waals surface area contributed by atoms with Gasteiger partial charge in [-0.25, -0.2) is 4.79 Å². The highest BCUT2D eigenvalue weighted by Crippen LogP contribution is 2.11. The predicted octanol–water partition coefficient (Wildman–Crippen LogP) is 2.82. The van der Waals surface area contributed by atoms with Crippen LogP contribution < -0.4 is 10.6 Å². The minimum atomic E-state index is -0.282. The normalized spacial score (nSPS) is 12.3. The van der Waals surface area contributed by atoms with E-state index in [-0.39, 0.29) is 18.7 Å². The van der Waals surface area contributed by atoms with Crippen LogP contribution in [-0.4, -0.2) is 23.8 Å². The number of hydrogen-bond donors (Lipinski definition) is 3. The fourth-order valence-corrected chi connectivity index (χ4v) is 1.99. The van der Waals surface area contributed by atoms with Crippen molar-refractivity contribution in [3.63, 3.8) is 0 Å². The standard InChI is InChI=1S/C13H19IN2O2/c1-9(2)7-12(8-17)16-13(18)15-11-5-3-10(14)4-6-11/h3-6,9,12,17H,7-8H2,1-2H3,(H2,15,16,18). The van der Waals surface area contributed by atoms with Crippen molar-refractivity contribution in [3.8, 4) is 0 Å². The van der Waals surface area contributed by atoms with Crippen molar-refractivity contribution in [1.82, 2.24) is 5.32 Å². The molecule has 100 valence electrons. The number of amides is 2. The van der Waals surface area contributed by atoms with Gasteiger partial charge < -0.3 is 15.7 Å². The van der Waals surface area contributed by atoms with Crippen LogP contribution in [0, 0.1) is 9.49 Å². The van der Waals surface area contributed by atoms with Gasteiger partial charge in [-0.3, -0.25) is 0 Å². The Morgan fingerprint density at radius 3 is 2.44 bits per heavy atom. The second-order valence-corrected chi connectivity index (χ2v) is 5.86. The van der Waals surface area contributed by atoms with E-state index in [4.69, 9.17) is 0 Å². The summed E-state index contributed by atoms with van der Waals surface area (Å²) in [4.78, 5) is 11.7. The zero-order valence-corrected chi connectivity index (χ0v) is 12.8. The lowest BCUT2D eigenvalue weighted by atomic mass is 10.0. The maximum atomic E-state index is 11.7. The lowest BCUT2D eigenvalue weighted by Gasteiger charge is -2.18. The van der Waals surface area contributed by atoms with Gasteiger partial charge in [-0.15, -0.1) is 0 Å². The van der Waals surface area contributed by atoms with E-state index in [1.165, 1.54) is 0 Å². The molecule has 3 N–H and O–H groups in total.